The second kappa shape index (κ2) is 5.68. The Bertz CT molecular complexity index is 309. The average molecular weight is 375 g/mol. The second-order valence-corrected chi connectivity index (χ2v) is 4.28. The molecule has 1 aliphatic rings. The fourth-order valence-electron chi connectivity index (χ4n) is 2.17. The van der Waals surface area contributed by atoms with E-state index in [1.54, 1.807) is 0 Å². The third kappa shape index (κ3) is 2.83. The van der Waals surface area contributed by atoms with Crippen LogP contribution in [-0.2, 0) is 26.8 Å². The average Bonchev–Trinajstić information content (AvgIpc) is 2.39. The number of benzene rings is 1. The Hall–Kier alpha value is -0.318. The number of aryl methyl sites for hydroxylation is 1. The first-order valence-corrected chi connectivity index (χ1v) is 5.55. The molecule has 1 aromatic carbocycles. The van der Waals surface area contributed by atoms with E-state index in [4.69, 9.17) is 0 Å². The van der Waals surface area contributed by atoms with Crippen LogP contribution in [0.4, 0.5) is 5.69 Å². The van der Waals surface area contributed by atoms with E-state index in [0.717, 1.165) is 0 Å². The van der Waals surface area contributed by atoms with Crippen molar-refractivity contribution in [3.63, 3.8) is 0 Å². The quantitative estimate of drug-likeness (QED) is 0.683. The van der Waals surface area contributed by atoms with E-state index < -0.39 is 0 Å². The summed E-state index contributed by atoms with van der Waals surface area (Å²) in [6, 6.07) is 10.3. The van der Waals surface area contributed by atoms with Crippen molar-refractivity contribution in [3.05, 3.63) is 29.8 Å². The van der Waals surface area contributed by atoms with Gasteiger partial charge in [-0.3, -0.25) is 0 Å². The molecule has 1 nitrogen and oxygen atoms in total. The predicted octanol–water partition coefficient (Wildman–Crippen LogP) is 3.04. The summed E-state index contributed by atoms with van der Waals surface area (Å²) < 4.78 is 0. The molecule has 0 saturated carbocycles. The van der Waals surface area contributed by atoms with Crippen molar-refractivity contribution in [3.8, 4) is 0 Å². The van der Waals surface area contributed by atoms with E-state index in [2.05, 4.69) is 36.9 Å². The Morgan fingerprint density at radius 2 is 2.13 bits per heavy atom. The summed E-state index contributed by atoms with van der Waals surface area (Å²) in [4.78, 5) is 2.50. The monoisotopic (exact) mass is 375 g/mol. The third-order valence-corrected chi connectivity index (χ3v) is 2.93. The Morgan fingerprint density at radius 3 is 2.87 bits per heavy atom. The maximum atomic E-state index is 3.37. The molecule has 0 fully saturated rings. The van der Waals surface area contributed by atoms with E-state index in [-0.39, 0.29) is 20.4 Å². The van der Waals surface area contributed by atoms with Crippen LogP contribution in [0.2, 0.25) is 0 Å². The van der Waals surface area contributed by atoms with Gasteiger partial charge in [0, 0.05) is 33.0 Å². The molecule has 0 bridgehead atoms. The van der Waals surface area contributed by atoms with Crippen molar-refractivity contribution in [1.82, 2.24) is 0 Å². The van der Waals surface area contributed by atoms with Gasteiger partial charge in [0.15, 0.2) is 0 Å². The van der Waals surface area contributed by atoms with Crippen LogP contribution in [0.25, 0.3) is 0 Å². The molecule has 1 radical (unpaired) electrons. The Morgan fingerprint density at radius 1 is 1.33 bits per heavy atom. The molecular formula is C13H18NRe-. The standard InChI is InChI=1S/C13H18N.Re/c1-11(2)14-10-6-5-8-12-7-3-4-9-13(12)14;/h3-4,9,11H,5-6,8,10H2,1-2H3;/q-1;. The molecule has 83 valence electrons. The van der Waals surface area contributed by atoms with E-state index in [1.807, 2.05) is 6.07 Å². The largest absolute Gasteiger partial charge is 0.421 e. The predicted molar refractivity (Wildman–Crippen MR) is 60.7 cm³/mol. The fraction of sp³-hybridized carbons (Fsp3) is 0.538. The molecule has 2 heteroatoms. The Kier molecular flexibility index (Phi) is 4.83. The van der Waals surface area contributed by atoms with Crippen LogP contribution in [0.1, 0.15) is 32.3 Å². The molecule has 0 amide bonds. The van der Waals surface area contributed by atoms with Crippen molar-refractivity contribution < 1.29 is 20.4 Å². The first kappa shape index (κ1) is 12.8. The summed E-state index contributed by atoms with van der Waals surface area (Å²) in [6.45, 7) is 5.73. The minimum Gasteiger partial charge on any atom is -0.421 e. The number of fused-ring (bicyclic) bond motifs is 1. The molecule has 2 rings (SSSR count). The van der Waals surface area contributed by atoms with E-state index in [0.29, 0.717) is 6.04 Å². The van der Waals surface area contributed by atoms with Crippen LogP contribution in [-0.4, -0.2) is 12.6 Å². The van der Waals surface area contributed by atoms with Crippen LogP contribution in [0.3, 0.4) is 0 Å². The minimum atomic E-state index is 0. The summed E-state index contributed by atoms with van der Waals surface area (Å²) in [7, 11) is 0. The zero-order valence-electron chi connectivity index (χ0n) is 9.46. The van der Waals surface area contributed by atoms with Crippen LogP contribution < -0.4 is 4.90 Å². The topological polar surface area (TPSA) is 3.24 Å². The van der Waals surface area contributed by atoms with Gasteiger partial charge in [0.05, 0.1) is 0 Å². The molecule has 0 atom stereocenters. The molecule has 0 N–H and O–H groups in total. The second-order valence-electron chi connectivity index (χ2n) is 4.28. The van der Waals surface area contributed by atoms with Gasteiger partial charge in [0.25, 0.3) is 0 Å². The van der Waals surface area contributed by atoms with Gasteiger partial charge < -0.3 is 4.90 Å². The number of nitrogens with zero attached hydrogens (tertiary/aromatic N) is 1. The molecule has 0 unspecified atom stereocenters. The first-order valence-electron chi connectivity index (χ1n) is 5.55. The van der Waals surface area contributed by atoms with Gasteiger partial charge in [-0.05, 0) is 33.1 Å². The molecule has 0 aromatic heterocycles. The number of hydrogen-bond acceptors (Lipinski definition) is 1. The van der Waals surface area contributed by atoms with Gasteiger partial charge in [0.1, 0.15) is 0 Å². The van der Waals surface area contributed by atoms with Crippen molar-refractivity contribution in [2.45, 2.75) is 39.2 Å². The SMILES string of the molecule is CC(C)N1CCCCc2[c-]cccc21.[Re]. The minimum absolute atomic E-state index is 0. The third-order valence-electron chi connectivity index (χ3n) is 2.93. The van der Waals surface area contributed by atoms with Crippen molar-refractivity contribution in [2.75, 3.05) is 11.4 Å². The van der Waals surface area contributed by atoms with E-state index >= 15 is 0 Å². The van der Waals surface area contributed by atoms with Gasteiger partial charge in [-0.2, -0.15) is 18.2 Å². The van der Waals surface area contributed by atoms with Crippen molar-refractivity contribution in [2.24, 2.45) is 0 Å². The molecule has 0 saturated heterocycles. The first-order chi connectivity index (χ1) is 6.79. The van der Waals surface area contributed by atoms with Crippen LogP contribution in [0.5, 0.6) is 0 Å². The van der Waals surface area contributed by atoms with E-state index in [9.17, 15) is 0 Å². The van der Waals surface area contributed by atoms with Crippen LogP contribution >= 0.6 is 0 Å². The number of rotatable bonds is 1. The van der Waals surface area contributed by atoms with Crippen LogP contribution in [0.15, 0.2) is 18.2 Å². The van der Waals surface area contributed by atoms with Crippen LogP contribution in [0, 0.1) is 6.07 Å². The van der Waals surface area contributed by atoms with Gasteiger partial charge in [-0.25, -0.2) is 0 Å². The molecule has 0 aliphatic carbocycles. The zero-order valence-corrected chi connectivity index (χ0v) is 12.2. The van der Waals surface area contributed by atoms with E-state index in [1.165, 1.54) is 37.1 Å². The number of anilines is 1. The van der Waals surface area contributed by atoms with Crippen molar-refractivity contribution in [1.29, 1.82) is 0 Å². The Labute approximate surface area is 107 Å². The molecule has 15 heavy (non-hydrogen) atoms. The Balaban J connectivity index is 0.00000112. The summed E-state index contributed by atoms with van der Waals surface area (Å²) in [5.74, 6) is 0. The molecule has 1 aromatic rings. The fourth-order valence-corrected chi connectivity index (χ4v) is 2.17. The zero-order chi connectivity index (χ0) is 9.97. The number of hydrogen-bond donors (Lipinski definition) is 0. The summed E-state index contributed by atoms with van der Waals surface area (Å²) >= 11 is 0. The molecular weight excluding hydrogens is 356 g/mol. The summed E-state index contributed by atoms with van der Waals surface area (Å²) in [5, 5.41) is 0. The van der Waals surface area contributed by atoms with Crippen molar-refractivity contribution >= 4 is 5.69 Å². The maximum Gasteiger partial charge on any atom is 0.0118 e. The molecule has 1 aliphatic heterocycles. The smallest absolute Gasteiger partial charge is 0.0118 e. The molecule has 0 spiro atoms. The van der Waals surface area contributed by atoms with Gasteiger partial charge in [-0.15, -0.1) is 11.6 Å². The van der Waals surface area contributed by atoms with Gasteiger partial charge in [0.2, 0.25) is 0 Å². The van der Waals surface area contributed by atoms with Gasteiger partial charge >= 0.3 is 0 Å². The maximum absolute atomic E-state index is 3.37. The summed E-state index contributed by atoms with van der Waals surface area (Å²) in [6.07, 6.45) is 3.80. The van der Waals surface area contributed by atoms with Gasteiger partial charge in [-0.1, -0.05) is 5.69 Å². The normalized spacial score (nSPS) is 15.5. The molecule has 1 heterocycles. The summed E-state index contributed by atoms with van der Waals surface area (Å²) in [5.41, 5.74) is 2.80.